The molecule has 2 atom stereocenters. The summed E-state index contributed by atoms with van der Waals surface area (Å²) in [7, 11) is 0. The molecule has 0 N–H and O–H groups in total. The van der Waals surface area contributed by atoms with Crippen LogP contribution in [0.4, 0.5) is 5.82 Å². The lowest BCUT2D eigenvalue weighted by atomic mass is 9.87. The highest BCUT2D eigenvalue weighted by molar-refractivity contribution is 9.10. The number of benzene rings is 1. The van der Waals surface area contributed by atoms with Crippen molar-refractivity contribution >= 4 is 27.4 Å². The van der Waals surface area contributed by atoms with Crippen LogP contribution in [-0.4, -0.2) is 49.9 Å². The zero-order valence-corrected chi connectivity index (χ0v) is 14.7. The predicted molar refractivity (Wildman–Crippen MR) is 94.9 cm³/mol. The van der Waals surface area contributed by atoms with Crippen molar-refractivity contribution in [2.24, 2.45) is 0 Å². The molecule has 2 aromatic heterocycles. The summed E-state index contributed by atoms with van der Waals surface area (Å²) in [4.78, 5) is 5.00. The molecule has 0 aliphatic carbocycles. The van der Waals surface area contributed by atoms with Gasteiger partial charge in [-0.2, -0.15) is 4.52 Å². The summed E-state index contributed by atoms with van der Waals surface area (Å²) in [5.41, 5.74) is 2.15. The Morgan fingerprint density at radius 3 is 2.75 bits per heavy atom. The van der Waals surface area contributed by atoms with Crippen LogP contribution in [0, 0.1) is 0 Å². The molecule has 6 rings (SSSR count). The average molecular weight is 385 g/mol. The fraction of sp³-hybridized carbons (Fsp3) is 0.353. The molecule has 2 bridgehead atoms. The topological polar surface area (TPSA) is 49.6 Å². The maximum absolute atomic E-state index is 4.63. The molecule has 24 heavy (non-hydrogen) atoms. The molecular formula is C17H17BrN6. The second-order valence-electron chi connectivity index (χ2n) is 6.54. The minimum Gasteiger partial charge on any atom is -0.352 e. The molecular weight excluding hydrogens is 368 g/mol. The van der Waals surface area contributed by atoms with Gasteiger partial charge in [-0.25, -0.2) is 0 Å². The third-order valence-electron chi connectivity index (χ3n) is 5.13. The number of hydrogen-bond donors (Lipinski definition) is 0. The maximum Gasteiger partial charge on any atom is 0.177 e. The molecule has 3 fully saturated rings. The van der Waals surface area contributed by atoms with E-state index in [4.69, 9.17) is 0 Å². The van der Waals surface area contributed by atoms with Gasteiger partial charge in [0, 0.05) is 36.2 Å². The van der Waals surface area contributed by atoms with E-state index < -0.39 is 0 Å². The predicted octanol–water partition coefficient (Wildman–Crippen LogP) is 2.35. The second kappa shape index (κ2) is 5.53. The largest absolute Gasteiger partial charge is 0.352 e. The highest BCUT2D eigenvalue weighted by Gasteiger charge is 2.44. The van der Waals surface area contributed by atoms with Crippen LogP contribution in [0.2, 0.25) is 0 Å². The molecule has 5 heterocycles. The number of hydrogen-bond acceptors (Lipinski definition) is 5. The van der Waals surface area contributed by atoms with Crippen molar-refractivity contribution in [3.05, 3.63) is 52.8 Å². The second-order valence-corrected chi connectivity index (χ2v) is 7.39. The van der Waals surface area contributed by atoms with Gasteiger partial charge in [0.2, 0.25) is 0 Å². The Morgan fingerprint density at radius 1 is 1.08 bits per heavy atom. The number of piperidine rings is 1. The Labute approximate surface area is 148 Å². The average Bonchev–Trinajstić information content (AvgIpc) is 3.08. The first kappa shape index (κ1) is 14.4. The lowest BCUT2D eigenvalue weighted by Gasteiger charge is -2.56. The Balaban J connectivity index is 1.32. The Bertz CT molecular complexity index is 881. The monoisotopic (exact) mass is 384 g/mol. The normalized spacial score (nSPS) is 23.5. The standard InChI is InChI=1S/C17H17BrN6/c18-15-4-2-1-3-12(15)8-23-13-7-14(23)10-22(9-13)17-6-5-16-20-19-11-24(16)21-17/h1-6,11,13-14H,7-10H2. The van der Waals surface area contributed by atoms with E-state index in [-0.39, 0.29) is 0 Å². The van der Waals surface area contributed by atoms with Gasteiger partial charge in [-0.15, -0.1) is 15.3 Å². The summed E-state index contributed by atoms with van der Waals surface area (Å²) in [5, 5.41) is 12.5. The van der Waals surface area contributed by atoms with Crippen LogP contribution in [0.1, 0.15) is 12.0 Å². The SMILES string of the molecule is Brc1ccccc1CN1C2CC1CN(c1ccc3nncn3n1)C2. The van der Waals surface area contributed by atoms with Crippen LogP contribution in [0.25, 0.3) is 5.65 Å². The molecule has 0 radical (unpaired) electrons. The molecule has 6 nitrogen and oxygen atoms in total. The van der Waals surface area contributed by atoms with Gasteiger partial charge >= 0.3 is 0 Å². The van der Waals surface area contributed by atoms with Gasteiger partial charge in [0.05, 0.1) is 0 Å². The molecule has 0 amide bonds. The summed E-state index contributed by atoms with van der Waals surface area (Å²) >= 11 is 3.66. The third kappa shape index (κ3) is 2.31. The van der Waals surface area contributed by atoms with Gasteiger partial charge in [-0.05, 0) is 30.2 Å². The van der Waals surface area contributed by atoms with Crippen molar-refractivity contribution in [3.8, 4) is 0 Å². The summed E-state index contributed by atoms with van der Waals surface area (Å²) in [6.07, 6.45) is 2.94. The third-order valence-corrected chi connectivity index (χ3v) is 5.90. The Morgan fingerprint density at radius 2 is 1.92 bits per heavy atom. The number of fused-ring (bicyclic) bond motifs is 3. The van der Waals surface area contributed by atoms with E-state index in [0.717, 1.165) is 31.1 Å². The zero-order valence-electron chi connectivity index (χ0n) is 13.1. The van der Waals surface area contributed by atoms with Crippen LogP contribution in [0.5, 0.6) is 0 Å². The molecule has 2 unspecified atom stereocenters. The van der Waals surface area contributed by atoms with Crippen LogP contribution >= 0.6 is 15.9 Å². The minimum atomic E-state index is 0.606. The first-order valence-corrected chi connectivity index (χ1v) is 8.98. The quantitative estimate of drug-likeness (QED) is 0.693. The van der Waals surface area contributed by atoms with Gasteiger partial charge in [0.15, 0.2) is 5.65 Å². The lowest BCUT2D eigenvalue weighted by molar-refractivity contribution is -0.00890. The van der Waals surface area contributed by atoms with E-state index >= 15 is 0 Å². The smallest absolute Gasteiger partial charge is 0.177 e. The molecule has 1 aromatic carbocycles. The van der Waals surface area contributed by atoms with Gasteiger partial charge in [0.25, 0.3) is 0 Å². The van der Waals surface area contributed by atoms with Crippen LogP contribution < -0.4 is 4.90 Å². The van der Waals surface area contributed by atoms with E-state index in [2.05, 4.69) is 65.3 Å². The number of aromatic nitrogens is 4. The Hall–Kier alpha value is -1.99. The maximum atomic E-state index is 4.63. The van der Waals surface area contributed by atoms with E-state index in [1.165, 1.54) is 16.5 Å². The zero-order chi connectivity index (χ0) is 16.1. The molecule has 3 aromatic rings. The van der Waals surface area contributed by atoms with Gasteiger partial charge < -0.3 is 4.90 Å². The summed E-state index contributed by atoms with van der Waals surface area (Å²) in [5.74, 6) is 1.01. The van der Waals surface area contributed by atoms with Gasteiger partial charge in [-0.3, -0.25) is 4.90 Å². The summed E-state index contributed by atoms with van der Waals surface area (Å²) in [6.45, 7) is 3.08. The molecule has 3 aliphatic heterocycles. The number of piperazine rings is 1. The Kier molecular flexibility index (Phi) is 3.31. The molecule has 122 valence electrons. The minimum absolute atomic E-state index is 0.606. The van der Waals surface area contributed by atoms with E-state index in [1.807, 2.05) is 12.1 Å². The van der Waals surface area contributed by atoms with E-state index in [9.17, 15) is 0 Å². The van der Waals surface area contributed by atoms with E-state index in [0.29, 0.717) is 12.1 Å². The highest BCUT2D eigenvalue weighted by Crippen LogP contribution is 2.36. The van der Waals surface area contributed by atoms with Gasteiger partial charge in [0.1, 0.15) is 12.1 Å². The molecule has 7 heteroatoms. The van der Waals surface area contributed by atoms with Crippen molar-refractivity contribution in [3.63, 3.8) is 0 Å². The van der Waals surface area contributed by atoms with Crippen molar-refractivity contribution in [2.45, 2.75) is 25.0 Å². The van der Waals surface area contributed by atoms with Gasteiger partial charge in [-0.1, -0.05) is 34.1 Å². The fourth-order valence-electron chi connectivity index (χ4n) is 3.84. The van der Waals surface area contributed by atoms with E-state index in [1.54, 1.807) is 10.8 Å². The van der Waals surface area contributed by atoms with Crippen LogP contribution in [-0.2, 0) is 6.54 Å². The highest BCUT2D eigenvalue weighted by atomic mass is 79.9. The van der Waals surface area contributed by atoms with Crippen molar-refractivity contribution in [2.75, 3.05) is 18.0 Å². The summed E-state index contributed by atoms with van der Waals surface area (Å²) in [6, 6.07) is 13.7. The number of halogens is 1. The number of rotatable bonds is 3. The first-order chi connectivity index (χ1) is 11.8. The number of nitrogens with zero attached hydrogens (tertiary/aromatic N) is 6. The lowest BCUT2D eigenvalue weighted by Crippen LogP contribution is -2.68. The van der Waals surface area contributed by atoms with Crippen molar-refractivity contribution in [1.29, 1.82) is 0 Å². The fourth-order valence-corrected chi connectivity index (χ4v) is 4.25. The first-order valence-electron chi connectivity index (χ1n) is 8.19. The molecule has 0 saturated carbocycles. The van der Waals surface area contributed by atoms with Crippen LogP contribution in [0.15, 0.2) is 47.2 Å². The molecule has 3 saturated heterocycles. The summed E-state index contributed by atoms with van der Waals surface area (Å²) < 4.78 is 2.94. The van der Waals surface area contributed by atoms with Crippen molar-refractivity contribution in [1.82, 2.24) is 24.7 Å². The molecule has 3 aliphatic rings. The number of anilines is 1. The van der Waals surface area contributed by atoms with Crippen molar-refractivity contribution < 1.29 is 0 Å². The molecule has 0 spiro atoms. The van der Waals surface area contributed by atoms with Crippen LogP contribution in [0.3, 0.4) is 0 Å².